The summed E-state index contributed by atoms with van der Waals surface area (Å²) < 4.78 is 40.6. The van der Waals surface area contributed by atoms with Gasteiger partial charge < -0.3 is 10.6 Å². The summed E-state index contributed by atoms with van der Waals surface area (Å²) in [5.74, 6) is -0.644. The van der Waals surface area contributed by atoms with Gasteiger partial charge in [-0.25, -0.2) is 9.67 Å². The number of nitrogens with zero attached hydrogens (tertiary/aromatic N) is 5. The lowest BCUT2D eigenvalue weighted by Gasteiger charge is -2.38. The van der Waals surface area contributed by atoms with Crippen molar-refractivity contribution in [2.75, 3.05) is 18.0 Å². The number of hydrogen-bond donors (Lipinski definition) is 1. The zero-order chi connectivity index (χ0) is 17.8. The van der Waals surface area contributed by atoms with Crippen LogP contribution in [0.4, 0.5) is 18.3 Å². The maximum atomic E-state index is 12.8. The summed E-state index contributed by atoms with van der Waals surface area (Å²) in [5, 5.41) is 8.20. The van der Waals surface area contributed by atoms with Gasteiger partial charge in [-0.3, -0.25) is 4.79 Å². The van der Waals surface area contributed by atoms with Crippen molar-refractivity contribution in [3.63, 3.8) is 0 Å². The van der Waals surface area contributed by atoms with E-state index >= 15 is 0 Å². The van der Waals surface area contributed by atoms with E-state index in [0.29, 0.717) is 28.4 Å². The first-order valence-corrected chi connectivity index (χ1v) is 8.07. The fourth-order valence-electron chi connectivity index (χ4n) is 2.57. The first kappa shape index (κ1) is 15.8. The number of hydrogen-bond acceptors (Lipinski definition) is 6. The highest BCUT2D eigenvalue weighted by molar-refractivity contribution is 7.22. The monoisotopic (exact) mass is 368 g/mol. The number of thiazole rings is 1. The quantitative estimate of drug-likeness (QED) is 0.764. The summed E-state index contributed by atoms with van der Waals surface area (Å²) >= 11 is 1.34. The molecule has 3 heterocycles. The molecular formula is C14H11F3N6OS. The zero-order valence-corrected chi connectivity index (χ0v) is 13.4. The lowest BCUT2D eigenvalue weighted by Crippen LogP contribution is -2.48. The molecule has 0 unspecified atom stereocenters. The Kier molecular flexibility index (Phi) is 3.42. The predicted molar refractivity (Wildman–Crippen MR) is 84.4 cm³/mol. The second kappa shape index (κ2) is 5.41. The number of fused-ring (bicyclic) bond motifs is 1. The minimum absolute atomic E-state index is 0.0124. The van der Waals surface area contributed by atoms with Gasteiger partial charge in [0, 0.05) is 13.1 Å². The molecule has 0 radical (unpaired) electrons. The minimum Gasteiger partial charge on any atom is -0.364 e. The molecule has 2 aromatic heterocycles. The maximum absolute atomic E-state index is 12.8. The summed E-state index contributed by atoms with van der Waals surface area (Å²) in [6.45, 7) is 1.15. The van der Waals surface area contributed by atoms with Crippen LogP contribution in [0.25, 0.3) is 10.2 Å². The van der Waals surface area contributed by atoms with Crippen LogP contribution in [-0.4, -0.2) is 39.0 Å². The molecule has 4 rings (SSSR count). The lowest BCUT2D eigenvalue weighted by atomic mass is 10.1. The van der Waals surface area contributed by atoms with Crippen molar-refractivity contribution < 1.29 is 18.0 Å². The highest BCUT2D eigenvalue weighted by atomic mass is 32.1. The second-order valence-electron chi connectivity index (χ2n) is 5.68. The molecule has 1 aromatic carbocycles. The average molecular weight is 368 g/mol. The summed E-state index contributed by atoms with van der Waals surface area (Å²) in [7, 11) is 0. The molecule has 0 atom stereocenters. The van der Waals surface area contributed by atoms with Crippen LogP contribution in [0.15, 0.2) is 24.4 Å². The normalized spacial score (nSPS) is 15.6. The van der Waals surface area contributed by atoms with Gasteiger partial charge in [0.2, 0.25) is 0 Å². The van der Waals surface area contributed by atoms with E-state index in [-0.39, 0.29) is 11.7 Å². The number of aromatic nitrogens is 4. The molecule has 1 amide bonds. The molecule has 2 N–H and O–H groups in total. The van der Waals surface area contributed by atoms with Crippen molar-refractivity contribution in [2.45, 2.75) is 12.2 Å². The van der Waals surface area contributed by atoms with Gasteiger partial charge in [0.05, 0.1) is 28.0 Å². The molecule has 0 aliphatic carbocycles. The van der Waals surface area contributed by atoms with Crippen LogP contribution in [0.3, 0.4) is 0 Å². The van der Waals surface area contributed by atoms with Crippen LogP contribution in [-0.2, 0) is 6.18 Å². The smallest absolute Gasteiger partial charge is 0.364 e. The summed E-state index contributed by atoms with van der Waals surface area (Å²) in [6, 6.07) is 3.57. The minimum atomic E-state index is -4.38. The number of benzene rings is 1. The molecule has 1 fully saturated rings. The number of rotatable bonds is 3. The van der Waals surface area contributed by atoms with Crippen molar-refractivity contribution in [1.29, 1.82) is 0 Å². The van der Waals surface area contributed by atoms with Gasteiger partial charge in [-0.05, 0) is 18.2 Å². The van der Waals surface area contributed by atoms with Gasteiger partial charge in [0.15, 0.2) is 10.8 Å². The fraction of sp³-hybridized carbons (Fsp3) is 0.286. The predicted octanol–water partition coefficient (Wildman–Crippen LogP) is 2.07. The van der Waals surface area contributed by atoms with Gasteiger partial charge >= 0.3 is 6.18 Å². The van der Waals surface area contributed by atoms with Crippen LogP contribution < -0.4 is 10.6 Å². The summed E-state index contributed by atoms with van der Waals surface area (Å²) in [5.41, 5.74) is 4.85. The number of alkyl halides is 3. The van der Waals surface area contributed by atoms with Crippen LogP contribution in [0.2, 0.25) is 0 Å². The molecule has 0 saturated carbocycles. The molecule has 11 heteroatoms. The standard InChI is InChI=1S/C14H11F3N6OS/c15-14(16,17)7-1-2-11-9(3-7)19-13(25-11)22-4-8(5-22)23-6-10(12(18)24)20-21-23/h1-3,6,8H,4-5H2,(H2,18,24). The molecular weight excluding hydrogens is 357 g/mol. The van der Waals surface area contributed by atoms with Crippen LogP contribution in [0, 0.1) is 0 Å². The Morgan fingerprint density at radius 1 is 1.32 bits per heavy atom. The van der Waals surface area contributed by atoms with Gasteiger partial charge in [-0.2, -0.15) is 13.2 Å². The van der Waals surface area contributed by atoms with Crippen LogP contribution >= 0.6 is 11.3 Å². The van der Waals surface area contributed by atoms with E-state index in [0.717, 1.165) is 12.1 Å². The zero-order valence-electron chi connectivity index (χ0n) is 12.6. The van der Waals surface area contributed by atoms with Crippen molar-refractivity contribution in [3.05, 3.63) is 35.7 Å². The van der Waals surface area contributed by atoms with Gasteiger partial charge in [0.25, 0.3) is 5.91 Å². The van der Waals surface area contributed by atoms with E-state index in [4.69, 9.17) is 5.73 Å². The number of carbonyl (C=O) groups is 1. The van der Waals surface area contributed by atoms with Gasteiger partial charge in [-0.15, -0.1) is 5.10 Å². The van der Waals surface area contributed by atoms with E-state index in [9.17, 15) is 18.0 Å². The molecule has 1 aliphatic rings. The van der Waals surface area contributed by atoms with E-state index in [2.05, 4.69) is 15.3 Å². The number of anilines is 1. The SMILES string of the molecule is NC(=O)c1cn(C2CN(c3nc4cc(C(F)(F)F)ccc4s3)C2)nn1. The molecule has 0 bridgehead atoms. The number of nitrogens with two attached hydrogens (primary N) is 1. The number of primary amides is 1. The first-order valence-electron chi connectivity index (χ1n) is 7.25. The van der Waals surface area contributed by atoms with Crippen molar-refractivity contribution in [2.24, 2.45) is 5.73 Å². The Bertz CT molecular complexity index is 959. The van der Waals surface area contributed by atoms with Crippen molar-refractivity contribution >= 4 is 32.6 Å². The third-order valence-electron chi connectivity index (χ3n) is 3.97. The van der Waals surface area contributed by atoms with Crippen LogP contribution in [0.1, 0.15) is 22.1 Å². The molecule has 1 aliphatic heterocycles. The number of halogens is 3. The Hall–Kier alpha value is -2.69. The summed E-state index contributed by atoms with van der Waals surface area (Å²) in [6.07, 6.45) is -2.90. The second-order valence-corrected chi connectivity index (χ2v) is 6.69. The third-order valence-corrected chi connectivity index (χ3v) is 5.07. The Morgan fingerprint density at radius 2 is 2.08 bits per heavy atom. The highest BCUT2D eigenvalue weighted by Crippen LogP contribution is 2.37. The van der Waals surface area contributed by atoms with Crippen molar-refractivity contribution in [3.8, 4) is 0 Å². The van der Waals surface area contributed by atoms with Crippen LogP contribution in [0.5, 0.6) is 0 Å². The largest absolute Gasteiger partial charge is 0.416 e. The molecule has 7 nitrogen and oxygen atoms in total. The lowest BCUT2D eigenvalue weighted by molar-refractivity contribution is -0.137. The number of carbonyl (C=O) groups excluding carboxylic acids is 1. The molecule has 3 aromatic rings. The van der Waals surface area contributed by atoms with Gasteiger partial charge in [-0.1, -0.05) is 16.6 Å². The average Bonchev–Trinajstić information content (AvgIpc) is 3.10. The molecule has 1 saturated heterocycles. The first-order chi connectivity index (χ1) is 11.8. The maximum Gasteiger partial charge on any atom is 0.416 e. The van der Waals surface area contributed by atoms with E-state index < -0.39 is 17.6 Å². The Balaban J connectivity index is 1.51. The highest BCUT2D eigenvalue weighted by Gasteiger charge is 2.33. The Morgan fingerprint density at radius 3 is 2.72 bits per heavy atom. The van der Waals surface area contributed by atoms with E-state index in [1.807, 2.05) is 4.90 Å². The van der Waals surface area contributed by atoms with Gasteiger partial charge in [0.1, 0.15) is 0 Å². The summed E-state index contributed by atoms with van der Waals surface area (Å²) in [4.78, 5) is 17.3. The van der Waals surface area contributed by atoms with E-state index in [1.165, 1.54) is 23.6 Å². The fourth-order valence-corrected chi connectivity index (χ4v) is 3.54. The Labute approximate surface area is 142 Å². The molecule has 0 spiro atoms. The third kappa shape index (κ3) is 2.80. The molecule has 25 heavy (non-hydrogen) atoms. The topological polar surface area (TPSA) is 89.9 Å². The molecule has 130 valence electrons. The van der Waals surface area contributed by atoms with E-state index in [1.54, 1.807) is 4.68 Å². The number of amides is 1. The van der Waals surface area contributed by atoms with Crippen molar-refractivity contribution in [1.82, 2.24) is 20.0 Å².